The number of nitro groups is 1. The van der Waals surface area contributed by atoms with Crippen LogP contribution in [0, 0.1) is 15.9 Å². The van der Waals surface area contributed by atoms with Crippen LogP contribution in [-0.4, -0.2) is 22.6 Å². The Labute approximate surface area is 95.8 Å². The number of rotatable bonds is 4. The fourth-order valence-corrected chi connectivity index (χ4v) is 1.20. The molecule has 0 heterocycles. The van der Waals surface area contributed by atoms with E-state index in [1.54, 1.807) is 6.92 Å². The van der Waals surface area contributed by atoms with Gasteiger partial charge in [0.05, 0.1) is 11.5 Å². The van der Waals surface area contributed by atoms with Crippen molar-refractivity contribution in [2.45, 2.75) is 13.0 Å². The number of benzene rings is 1. The Kier molecular flexibility index (Phi) is 4.11. The standard InChI is InChI=1S/C10H10FNO5/c1-2-17-10(14)9(13)6-3-4-7(11)8(5-6)12(15)16/h3-5,9,13H,2H2,1H3. The molecule has 0 saturated carbocycles. The predicted octanol–water partition coefficient (Wildman–Crippen LogP) is 1.33. The maximum absolute atomic E-state index is 13.0. The fourth-order valence-electron chi connectivity index (χ4n) is 1.20. The average molecular weight is 243 g/mol. The van der Waals surface area contributed by atoms with E-state index in [1.807, 2.05) is 0 Å². The summed E-state index contributed by atoms with van der Waals surface area (Å²) in [5, 5.41) is 20.0. The number of aliphatic hydroxyl groups is 1. The third-order valence-electron chi connectivity index (χ3n) is 1.99. The number of nitro benzene ring substituents is 1. The molecule has 0 bridgehead atoms. The fraction of sp³-hybridized carbons (Fsp3) is 0.300. The number of nitrogens with zero attached hydrogens (tertiary/aromatic N) is 1. The van der Waals surface area contributed by atoms with E-state index in [1.165, 1.54) is 0 Å². The quantitative estimate of drug-likeness (QED) is 0.489. The van der Waals surface area contributed by atoms with E-state index in [2.05, 4.69) is 4.74 Å². The zero-order valence-corrected chi connectivity index (χ0v) is 8.92. The molecule has 0 aromatic heterocycles. The minimum atomic E-state index is -1.66. The molecule has 17 heavy (non-hydrogen) atoms. The number of aliphatic hydroxyl groups excluding tert-OH is 1. The van der Waals surface area contributed by atoms with Gasteiger partial charge in [0, 0.05) is 6.07 Å². The van der Waals surface area contributed by atoms with Gasteiger partial charge in [-0.3, -0.25) is 10.1 Å². The summed E-state index contributed by atoms with van der Waals surface area (Å²) in [6, 6.07) is 2.71. The van der Waals surface area contributed by atoms with Gasteiger partial charge in [-0.25, -0.2) is 4.79 Å². The maximum Gasteiger partial charge on any atom is 0.339 e. The Morgan fingerprint density at radius 2 is 2.29 bits per heavy atom. The second-order valence-corrected chi connectivity index (χ2v) is 3.12. The van der Waals surface area contributed by atoms with Crippen molar-refractivity contribution in [3.05, 3.63) is 39.7 Å². The molecule has 0 aliphatic rings. The molecule has 7 heteroatoms. The Morgan fingerprint density at radius 3 is 2.82 bits per heavy atom. The topological polar surface area (TPSA) is 89.7 Å². The number of hydrogen-bond acceptors (Lipinski definition) is 5. The minimum Gasteiger partial charge on any atom is -0.464 e. The van der Waals surface area contributed by atoms with Crippen LogP contribution >= 0.6 is 0 Å². The highest BCUT2D eigenvalue weighted by atomic mass is 19.1. The second kappa shape index (κ2) is 5.35. The largest absolute Gasteiger partial charge is 0.464 e. The molecule has 0 radical (unpaired) electrons. The molecule has 6 nitrogen and oxygen atoms in total. The molecule has 0 aliphatic carbocycles. The first kappa shape index (κ1) is 13.0. The number of ether oxygens (including phenoxy) is 1. The highest BCUT2D eigenvalue weighted by Crippen LogP contribution is 2.23. The summed E-state index contributed by atoms with van der Waals surface area (Å²) in [4.78, 5) is 20.7. The Balaban J connectivity index is 3.03. The van der Waals surface area contributed by atoms with Gasteiger partial charge in [0.1, 0.15) is 0 Å². The van der Waals surface area contributed by atoms with Crippen LogP contribution in [0.15, 0.2) is 18.2 Å². The number of carbonyl (C=O) groups is 1. The first-order valence-electron chi connectivity index (χ1n) is 4.76. The van der Waals surface area contributed by atoms with Gasteiger partial charge in [-0.2, -0.15) is 4.39 Å². The molecular formula is C10H10FNO5. The summed E-state index contributed by atoms with van der Waals surface area (Å²) in [5.74, 6) is -1.97. The molecule has 0 fully saturated rings. The number of hydrogen-bond donors (Lipinski definition) is 1. The first-order chi connectivity index (χ1) is 7.97. The molecule has 1 rings (SSSR count). The molecular weight excluding hydrogens is 233 g/mol. The Morgan fingerprint density at radius 1 is 1.65 bits per heavy atom. The van der Waals surface area contributed by atoms with Crippen molar-refractivity contribution in [3.63, 3.8) is 0 Å². The number of halogens is 1. The van der Waals surface area contributed by atoms with E-state index >= 15 is 0 Å². The lowest BCUT2D eigenvalue weighted by Gasteiger charge is -2.09. The van der Waals surface area contributed by atoms with Crippen LogP contribution in [0.4, 0.5) is 10.1 Å². The van der Waals surface area contributed by atoms with Gasteiger partial charge in [-0.05, 0) is 18.6 Å². The van der Waals surface area contributed by atoms with Crippen molar-refractivity contribution >= 4 is 11.7 Å². The second-order valence-electron chi connectivity index (χ2n) is 3.12. The zero-order chi connectivity index (χ0) is 13.0. The van der Waals surface area contributed by atoms with Gasteiger partial charge in [0.15, 0.2) is 6.10 Å². The Hall–Kier alpha value is -2.02. The lowest BCUT2D eigenvalue weighted by atomic mass is 10.1. The Bertz CT molecular complexity index is 448. The molecule has 0 spiro atoms. The lowest BCUT2D eigenvalue weighted by molar-refractivity contribution is -0.387. The van der Waals surface area contributed by atoms with Crippen molar-refractivity contribution in [2.75, 3.05) is 6.61 Å². The SMILES string of the molecule is CCOC(=O)C(O)c1ccc(F)c([N+](=O)[O-])c1. The molecule has 0 saturated heterocycles. The molecule has 1 N–H and O–H groups in total. The summed E-state index contributed by atoms with van der Waals surface area (Å²) < 4.78 is 17.5. The van der Waals surface area contributed by atoms with Gasteiger partial charge >= 0.3 is 11.7 Å². The monoisotopic (exact) mass is 243 g/mol. The number of esters is 1. The average Bonchev–Trinajstić information content (AvgIpc) is 2.28. The van der Waals surface area contributed by atoms with E-state index in [4.69, 9.17) is 0 Å². The number of carbonyl (C=O) groups excluding carboxylic acids is 1. The third-order valence-corrected chi connectivity index (χ3v) is 1.99. The van der Waals surface area contributed by atoms with Crippen molar-refractivity contribution in [1.29, 1.82) is 0 Å². The van der Waals surface area contributed by atoms with E-state index in [0.717, 1.165) is 18.2 Å². The van der Waals surface area contributed by atoms with Crippen LogP contribution in [0.25, 0.3) is 0 Å². The zero-order valence-electron chi connectivity index (χ0n) is 8.92. The van der Waals surface area contributed by atoms with Crippen molar-refractivity contribution < 1.29 is 24.0 Å². The van der Waals surface area contributed by atoms with Crippen LogP contribution in [-0.2, 0) is 9.53 Å². The molecule has 1 atom stereocenters. The van der Waals surface area contributed by atoms with Gasteiger partial charge in [-0.1, -0.05) is 6.07 Å². The van der Waals surface area contributed by atoms with Crippen LogP contribution in [0.5, 0.6) is 0 Å². The maximum atomic E-state index is 13.0. The highest BCUT2D eigenvalue weighted by Gasteiger charge is 2.23. The molecule has 1 aromatic rings. The summed E-state index contributed by atoms with van der Waals surface area (Å²) in [7, 11) is 0. The summed E-state index contributed by atoms with van der Waals surface area (Å²) in [5.41, 5.74) is -0.887. The normalized spacial score (nSPS) is 11.9. The molecule has 0 aliphatic heterocycles. The van der Waals surface area contributed by atoms with E-state index < -0.39 is 28.5 Å². The van der Waals surface area contributed by atoms with Crippen LogP contribution < -0.4 is 0 Å². The third kappa shape index (κ3) is 2.97. The molecule has 1 unspecified atom stereocenters. The van der Waals surface area contributed by atoms with Crippen molar-refractivity contribution in [3.8, 4) is 0 Å². The van der Waals surface area contributed by atoms with E-state index in [0.29, 0.717) is 0 Å². The van der Waals surface area contributed by atoms with E-state index in [9.17, 15) is 24.4 Å². The van der Waals surface area contributed by atoms with Gasteiger partial charge in [0.25, 0.3) is 0 Å². The smallest absolute Gasteiger partial charge is 0.339 e. The van der Waals surface area contributed by atoms with Gasteiger partial charge < -0.3 is 9.84 Å². The van der Waals surface area contributed by atoms with Crippen LogP contribution in [0.2, 0.25) is 0 Å². The molecule has 0 amide bonds. The summed E-state index contributed by atoms with van der Waals surface area (Å²) in [6.45, 7) is 1.62. The van der Waals surface area contributed by atoms with Crippen LogP contribution in [0.1, 0.15) is 18.6 Å². The van der Waals surface area contributed by atoms with Crippen molar-refractivity contribution in [1.82, 2.24) is 0 Å². The van der Waals surface area contributed by atoms with Gasteiger partial charge in [0.2, 0.25) is 5.82 Å². The van der Waals surface area contributed by atoms with Crippen LogP contribution in [0.3, 0.4) is 0 Å². The molecule has 92 valence electrons. The summed E-state index contributed by atoms with van der Waals surface area (Å²) >= 11 is 0. The lowest BCUT2D eigenvalue weighted by Crippen LogP contribution is -2.15. The van der Waals surface area contributed by atoms with Gasteiger partial charge in [-0.15, -0.1) is 0 Å². The first-order valence-corrected chi connectivity index (χ1v) is 4.76. The minimum absolute atomic E-state index is 0.0686. The predicted molar refractivity (Wildman–Crippen MR) is 54.6 cm³/mol. The van der Waals surface area contributed by atoms with Crippen molar-refractivity contribution in [2.24, 2.45) is 0 Å². The summed E-state index contributed by atoms with van der Waals surface area (Å²) in [6.07, 6.45) is -1.66. The molecule has 1 aromatic carbocycles. The highest BCUT2D eigenvalue weighted by molar-refractivity contribution is 5.76. The van der Waals surface area contributed by atoms with E-state index in [-0.39, 0.29) is 12.2 Å².